The van der Waals surface area contributed by atoms with Gasteiger partial charge in [0.2, 0.25) is 0 Å². The molecule has 0 aliphatic carbocycles. The number of likely N-dealkylation sites (N-methyl/N-ethyl adjacent to an activating group) is 1. The van der Waals surface area contributed by atoms with Crippen molar-refractivity contribution in [3.05, 3.63) is 48.3 Å². The van der Waals surface area contributed by atoms with Gasteiger partial charge in [-0.1, -0.05) is 6.07 Å². The molecule has 4 N–H and O–H groups in total. The van der Waals surface area contributed by atoms with Crippen LogP contribution in [-0.2, 0) is 0 Å². The van der Waals surface area contributed by atoms with Crippen LogP contribution >= 0.6 is 0 Å². The second-order valence-corrected chi connectivity index (χ2v) is 8.90. The highest BCUT2D eigenvalue weighted by atomic mass is 16.5. The summed E-state index contributed by atoms with van der Waals surface area (Å²) in [6, 6.07) is 11.6. The number of piperazine rings is 1. The Balaban J connectivity index is 1.49. The summed E-state index contributed by atoms with van der Waals surface area (Å²) in [6.07, 6.45) is 2.85. The minimum absolute atomic E-state index is 0.605. The van der Waals surface area contributed by atoms with Crippen molar-refractivity contribution in [2.75, 3.05) is 83.5 Å². The number of hydrogen-bond donors (Lipinski definition) is 4. The fraction of sp³-hybridized carbons (Fsp3) is 0.370. The maximum atomic E-state index is 7.70. The van der Waals surface area contributed by atoms with E-state index in [9.17, 15) is 0 Å². The summed E-state index contributed by atoms with van der Waals surface area (Å²) in [4.78, 5) is 13.6. The SMILES string of the molecule is CNc1ccc(-c2cc(Nc3cc(NC)c(OCCN4CCN(C)CC4)cc3OC)ncn2)cc1C=N. The van der Waals surface area contributed by atoms with Crippen molar-refractivity contribution < 1.29 is 9.47 Å². The van der Waals surface area contributed by atoms with Gasteiger partial charge in [-0.25, -0.2) is 9.97 Å². The standard InChI is InChI=1S/C27H36N8O2/c1-29-21-6-5-19(13-20(21)17-28)22-15-27(32-18-31-22)33-24-14-23(30-2)26(16-25(24)36-4)37-12-11-35-9-7-34(3)8-10-35/h5-6,13-18,28-30H,7-12H2,1-4H3,(H,31,32,33). The van der Waals surface area contributed by atoms with E-state index in [2.05, 4.69) is 42.8 Å². The van der Waals surface area contributed by atoms with Crippen LogP contribution in [0.3, 0.4) is 0 Å². The Morgan fingerprint density at radius 3 is 2.43 bits per heavy atom. The van der Waals surface area contributed by atoms with E-state index in [1.54, 1.807) is 7.11 Å². The lowest BCUT2D eigenvalue weighted by atomic mass is 10.1. The fourth-order valence-corrected chi connectivity index (χ4v) is 4.29. The van der Waals surface area contributed by atoms with Crippen LogP contribution in [0.1, 0.15) is 5.56 Å². The maximum absolute atomic E-state index is 7.70. The van der Waals surface area contributed by atoms with Crippen molar-refractivity contribution in [3.8, 4) is 22.8 Å². The molecule has 1 aliphatic heterocycles. The fourth-order valence-electron chi connectivity index (χ4n) is 4.29. The Hall–Kier alpha value is -3.89. The molecule has 196 valence electrons. The number of methoxy groups -OCH3 is 1. The monoisotopic (exact) mass is 504 g/mol. The molecule has 0 atom stereocenters. The Labute approximate surface area is 218 Å². The molecule has 1 aliphatic rings. The van der Waals surface area contributed by atoms with Crippen LogP contribution in [0.15, 0.2) is 42.7 Å². The molecule has 0 radical (unpaired) electrons. The number of benzene rings is 2. The van der Waals surface area contributed by atoms with Gasteiger partial charge in [0, 0.05) is 82.0 Å². The second kappa shape index (κ2) is 12.4. The van der Waals surface area contributed by atoms with Gasteiger partial charge in [0.1, 0.15) is 30.3 Å². The average Bonchev–Trinajstić information content (AvgIpc) is 2.94. The smallest absolute Gasteiger partial charge is 0.146 e. The molecule has 1 saturated heterocycles. The maximum Gasteiger partial charge on any atom is 0.146 e. The van der Waals surface area contributed by atoms with E-state index in [1.165, 1.54) is 12.5 Å². The van der Waals surface area contributed by atoms with Crippen LogP contribution in [0.5, 0.6) is 11.5 Å². The van der Waals surface area contributed by atoms with Crippen molar-refractivity contribution in [1.82, 2.24) is 19.8 Å². The molecular weight excluding hydrogens is 468 g/mol. The van der Waals surface area contributed by atoms with E-state index in [1.807, 2.05) is 50.5 Å². The van der Waals surface area contributed by atoms with E-state index in [-0.39, 0.29) is 0 Å². The van der Waals surface area contributed by atoms with Crippen LogP contribution in [0.2, 0.25) is 0 Å². The van der Waals surface area contributed by atoms with Gasteiger partial charge in [0.25, 0.3) is 0 Å². The zero-order valence-electron chi connectivity index (χ0n) is 22.0. The summed E-state index contributed by atoms with van der Waals surface area (Å²) in [5.41, 5.74) is 4.94. The molecular formula is C27H36N8O2. The molecule has 1 fully saturated rings. The Morgan fingerprint density at radius 2 is 1.73 bits per heavy atom. The number of hydrogen-bond acceptors (Lipinski definition) is 10. The third-order valence-corrected chi connectivity index (χ3v) is 6.53. The summed E-state index contributed by atoms with van der Waals surface area (Å²) in [7, 11) is 7.51. The quantitative estimate of drug-likeness (QED) is 0.291. The Bertz CT molecular complexity index is 1210. The van der Waals surface area contributed by atoms with E-state index < -0.39 is 0 Å². The molecule has 37 heavy (non-hydrogen) atoms. The van der Waals surface area contributed by atoms with Gasteiger partial charge >= 0.3 is 0 Å². The normalized spacial score (nSPS) is 14.2. The van der Waals surface area contributed by atoms with E-state index in [0.717, 1.165) is 72.4 Å². The molecule has 3 aromatic rings. The molecule has 4 rings (SSSR count). The van der Waals surface area contributed by atoms with Crippen molar-refractivity contribution in [3.63, 3.8) is 0 Å². The first-order chi connectivity index (χ1) is 18.0. The van der Waals surface area contributed by atoms with Crippen LogP contribution in [0.25, 0.3) is 11.3 Å². The van der Waals surface area contributed by atoms with Crippen molar-refractivity contribution in [2.24, 2.45) is 0 Å². The predicted octanol–water partition coefficient (Wildman–Crippen LogP) is 3.60. The first-order valence-corrected chi connectivity index (χ1v) is 12.4. The van der Waals surface area contributed by atoms with Gasteiger partial charge in [-0.05, 0) is 25.2 Å². The Kier molecular flexibility index (Phi) is 8.76. The lowest BCUT2D eigenvalue weighted by Gasteiger charge is -2.32. The molecule has 0 amide bonds. The molecule has 0 spiro atoms. The second-order valence-electron chi connectivity index (χ2n) is 8.90. The molecule has 0 bridgehead atoms. The van der Waals surface area contributed by atoms with E-state index in [4.69, 9.17) is 14.9 Å². The number of rotatable bonds is 11. The van der Waals surface area contributed by atoms with Gasteiger partial charge in [-0.2, -0.15) is 0 Å². The minimum Gasteiger partial charge on any atom is -0.494 e. The number of nitrogens with zero attached hydrogens (tertiary/aromatic N) is 4. The highest BCUT2D eigenvalue weighted by Gasteiger charge is 2.16. The zero-order chi connectivity index (χ0) is 26.2. The van der Waals surface area contributed by atoms with E-state index >= 15 is 0 Å². The number of ether oxygens (including phenoxy) is 2. The zero-order valence-corrected chi connectivity index (χ0v) is 22.0. The van der Waals surface area contributed by atoms with Gasteiger partial charge < -0.3 is 35.7 Å². The number of aromatic nitrogens is 2. The summed E-state index contributed by atoms with van der Waals surface area (Å²) >= 11 is 0. The predicted molar refractivity (Wildman–Crippen MR) is 150 cm³/mol. The van der Waals surface area contributed by atoms with Crippen LogP contribution < -0.4 is 25.4 Å². The minimum atomic E-state index is 0.605. The van der Waals surface area contributed by atoms with Crippen molar-refractivity contribution in [2.45, 2.75) is 0 Å². The molecule has 1 aromatic heterocycles. The first-order valence-electron chi connectivity index (χ1n) is 12.4. The van der Waals surface area contributed by atoms with Gasteiger partial charge in [0.15, 0.2) is 0 Å². The van der Waals surface area contributed by atoms with Gasteiger partial charge in [-0.15, -0.1) is 0 Å². The van der Waals surface area contributed by atoms with Crippen molar-refractivity contribution in [1.29, 1.82) is 5.41 Å². The third-order valence-electron chi connectivity index (χ3n) is 6.53. The summed E-state index contributed by atoms with van der Waals surface area (Å²) in [5, 5.41) is 17.4. The van der Waals surface area contributed by atoms with Gasteiger partial charge in [0.05, 0.1) is 24.2 Å². The molecule has 10 nitrogen and oxygen atoms in total. The highest BCUT2D eigenvalue weighted by molar-refractivity contribution is 5.88. The van der Waals surface area contributed by atoms with Crippen LogP contribution in [0, 0.1) is 5.41 Å². The summed E-state index contributed by atoms with van der Waals surface area (Å²) in [5.74, 6) is 2.02. The topological polar surface area (TPSA) is 111 Å². The molecule has 10 heteroatoms. The largest absolute Gasteiger partial charge is 0.494 e. The van der Waals surface area contributed by atoms with Crippen LogP contribution in [-0.4, -0.2) is 93.6 Å². The third kappa shape index (κ3) is 6.46. The lowest BCUT2D eigenvalue weighted by molar-refractivity contribution is 0.134. The Morgan fingerprint density at radius 1 is 0.946 bits per heavy atom. The number of nitrogens with one attached hydrogen (secondary N) is 4. The molecule has 0 saturated carbocycles. The van der Waals surface area contributed by atoms with E-state index in [0.29, 0.717) is 18.2 Å². The molecule has 2 heterocycles. The van der Waals surface area contributed by atoms with Crippen LogP contribution in [0.4, 0.5) is 22.9 Å². The molecule has 0 unspecified atom stereocenters. The highest BCUT2D eigenvalue weighted by Crippen LogP contribution is 2.38. The molecule has 2 aromatic carbocycles. The van der Waals surface area contributed by atoms with Gasteiger partial charge in [-0.3, -0.25) is 4.90 Å². The lowest BCUT2D eigenvalue weighted by Crippen LogP contribution is -2.45. The summed E-state index contributed by atoms with van der Waals surface area (Å²) in [6.45, 7) is 5.80. The average molecular weight is 505 g/mol. The van der Waals surface area contributed by atoms with Crippen molar-refractivity contribution >= 4 is 29.1 Å². The summed E-state index contributed by atoms with van der Waals surface area (Å²) < 4.78 is 11.8. The first kappa shape index (κ1) is 26.2. The number of anilines is 4.